The lowest BCUT2D eigenvalue weighted by atomic mass is 9.82. The number of aromatic nitrogens is 3. The van der Waals surface area contributed by atoms with Crippen LogP contribution in [0.15, 0.2) is 23.3 Å². The van der Waals surface area contributed by atoms with Gasteiger partial charge in [-0.1, -0.05) is 15.9 Å². The van der Waals surface area contributed by atoms with Crippen LogP contribution in [0, 0.1) is 12.3 Å². The molecule has 0 amide bonds. The fourth-order valence-electron chi connectivity index (χ4n) is 2.77. The molecule has 3 rings (SSSR count). The van der Waals surface area contributed by atoms with Crippen LogP contribution in [0.5, 0.6) is 0 Å². The molecule has 1 aliphatic heterocycles. The number of hydrogen-bond donors (Lipinski definition) is 0. The third-order valence-corrected chi connectivity index (χ3v) is 5.26. The standard InChI is InChI=1S/C14H18BrN3O2/c1-11-8-12-13(19)17(4-5-18(12)16-11)10-14(9-15)2-6-20-7-3-14/h4-5,8H,2-3,6-7,9-10H2,1H3. The molecule has 2 aromatic heterocycles. The van der Waals surface area contributed by atoms with E-state index in [0.717, 1.165) is 43.6 Å². The molecule has 6 heteroatoms. The first-order valence-corrected chi connectivity index (χ1v) is 7.95. The topological polar surface area (TPSA) is 48.5 Å². The zero-order valence-electron chi connectivity index (χ0n) is 11.5. The maximum atomic E-state index is 12.5. The Morgan fingerprint density at radius 3 is 2.85 bits per heavy atom. The number of alkyl halides is 1. The summed E-state index contributed by atoms with van der Waals surface area (Å²) in [5, 5.41) is 5.16. The Morgan fingerprint density at radius 2 is 2.15 bits per heavy atom. The van der Waals surface area contributed by atoms with Crippen LogP contribution in [0.4, 0.5) is 0 Å². The average Bonchev–Trinajstić information content (AvgIpc) is 2.85. The summed E-state index contributed by atoms with van der Waals surface area (Å²) in [6.45, 7) is 4.17. The summed E-state index contributed by atoms with van der Waals surface area (Å²) in [4.78, 5) is 12.5. The van der Waals surface area contributed by atoms with Gasteiger partial charge in [0.1, 0.15) is 5.52 Å². The molecule has 2 aromatic rings. The highest BCUT2D eigenvalue weighted by molar-refractivity contribution is 9.09. The number of ether oxygens (including phenoxy) is 1. The van der Waals surface area contributed by atoms with Crippen molar-refractivity contribution in [3.63, 3.8) is 0 Å². The number of rotatable bonds is 3. The monoisotopic (exact) mass is 339 g/mol. The smallest absolute Gasteiger partial charge is 0.276 e. The third-order valence-electron chi connectivity index (χ3n) is 4.07. The molecular weight excluding hydrogens is 322 g/mol. The van der Waals surface area contributed by atoms with Gasteiger partial charge in [-0.05, 0) is 25.8 Å². The summed E-state index contributed by atoms with van der Waals surface area (Å²) in [5.41, 5.74) is 1.64. The van der Waals surface area contributed by atoms with Crippen molar-refractivity contribution in [2.45, 2.75) is 26.3 Å². The van der Waals surface area contributed by atoms with Crippen LogP contribution in [-0.2, 0) is 11.3 Å². The molecule has 0 spiro atoms. The van der Waals surface area contributed by atoms with Gasteiger partial charge in [-0.25, -0.2) is 4.52 Å². The van der Waals surface area contributed by atoms with Gasteiger partial charge < -0.3 is 9.30 Å². The van der Waals surface area contributed by atoms with E-state index in [1.54, 1.807) is 4.52 Å². The Labute approximate surface area is 125 Å². The molecule has 1 fully saturated rings. The van der Waals surface area contributed by atoms with Gasteiger partial charge in [0.15, 0.2) is 0 Å². The molecule has 1 saturated heterocycles. The van der Waals surface area contributed by atoms with Crippen LogP contribution in [0.3, 0.4) is 0 Å². The van der Waals surface area contributed by atoms with Gasteiger partial charge in [0.05, 0.1) is 5.69 Å². The van der Waals surface area contributed by atoms with Crippen LogP contribution in [0.2, 0.25) is 0 Å². The molecular formula is C14H18BrN3O2. The van der Waals surface area contributed by atoms with Crippen molar-refractivity contribution in [2.75, 3.05) is 18.5 Å². The molecule has 0 radical (unpaired) electrons. The number of halogens is 1. The quantitative estimate of drug-likeness (QED) is 0.803. The minimum Gasteiger partial charge on any atom is -0.381 e. The minimum absolute atomic E-state index is 0.0277. The van der Waals surface area contributed by atoms with Crippen molar-refractivity contribution in [1.29, 1.82) is 0 Å². The van der Waals surface area contributed by atoms with E-state index in [1.807, 2.05) is 30.0 Å². The fraction of sp³-hybridized carbons (Fsp3) is 0.571. The van der Waals surface area contributed by atoms with Crippen molar-refractivity contribution in [3.8, 4) is 0 Å². The van der Waals surface area contributed by atoms with Crippen molar-refractivity contribution in [1.82, 2.24) is 14.2 Å². The van der Waals surface area contributed by atoms with E-state index in [1.165, 1.54) is 0 Å². The summed E-state index contributed by atoms with van der Waals surface area (Å²) in [7, 11) is 0. The van der Waals surface area contributed by atoms with Crippen LogP contribution in [0.25, 0.3) is 5.52 Å². The molecule has 20 heavy (non-hydrogen) atoms. The van der Waals surface area contributed by atoms with Crippen molar-refractivity contribution in [2.24, 2.45) is 5.41 Å². The molecule has 5 nitrogen and oxygen atoms in total. The summed E-state index contributed by atoms with van der Waals surface area (Å²) >= 11 is 3.62. The molecule has 0 bridgehead atoms. The Bertz CT molecular complexity index is 671. The SMILES string of the molecule is Cc1cc2c(=O)n(CC3(CBr)CCOCC3)ccn2n1. The van der Waals surface area contributed by atoms with E-state index in [9.17, 15) is 4.79 Å². The lowest BCUT2D eigenvalue weighted by Crippen LogP contribution is -2.38. The first kappa shape index (κ1) is 13.8. The zero-order chi connectivity index (χ0) is 14.2. The maximum absolute atomic E-state index is 12.5. The van der Waals surface area contributed by atoms with Gasteiger partial charge >= 0.3 is 0 Å². The number of fused-ring (bicyclic) bond motifs is 1. The summed E-state index contributed by atoms with van der Waals surface area (Å²) in [5.74, 6) is 0. The van der Waals surface area contributed by atoms with Crippen molar-refractivity contribution < 1.29 is 4.74 Å². The van der Waals surface area contributed by atoms with Gasteiger partial charge in [-0.2, -0.15) is 5.10 Å². The van der Waals surface area contributed by atoms with Crippen molar-refractivity contribution in [3.05, 3.63) is 34.5 Å². The molecule has 108 valence electrons. The number of aryl methyl sites for hydroxylation is 1. The van der Waals surface area contributed by atoms with E-state index >= 15 is 0 Å². The zero-order valence-corrected chi connectivity index (χ0v) is 13.1. The minimum atomic E-state index is 0.0277. The fourth-order valence-corrected chi connectivity index (χ4v) is 3.51. The maximum Gasteiger partial charge on any atom is 0.276 e. The molecule has 0 saturated carbocycles. The highest BCUT2D eigenvalue weighted by Crippen LogP contribution is 2.33. The molecule has 0 N–H and O–H groups in total. The second-order valence-electron chi connectivity index (χ2n) is 5.59. The van der Waals surface area contributed by atoms with Crippen LogP contribution in [-0.4, -0.2) is 32.7 Å². The Balaban J connectivity index is 1.97. The summed E-state index contributed by atoms with van der Waals surface area (Å²) in [6.07, 6.45) is 5.65. The number of hydrogen-bond acceptors (Lipinski definition) is 3. The lowest BCUT2D eigenvalue weighted by Gasteiger charge is -2.36. The second-order valence-corrected chi connectivity index (χ2v) is 6.15. The van der Waals surface area contributed by atoms with Crippen LogP contribution in [0.1, 0.15) is 18.5 Å². The average molecular weight is 340 g/mol. The highest BCUT2D eigenvalue weighted by Gasteiger charge is 2.32. The summed E-state index contributed by atoms with van der Waals surface area (Å²) < 4.78 is 8.91. The molecule has 0 aliphatic carbocycles. The van der Waals surface area contributed by atoms with Crippen molar-refractivity contribution >= 4 is 21.4 Å². The predicted octanol–water partition coefficient (Wildman–Crippen LogP) is 2.00. The lowest BCUT2D eigenvalue weighted by molar-refractivity contribution is 0.0182. The van der Waals surface area contributed by atoms with Gasteiger partial charge in [-0.3, -0.25) is 4.79 Å². The number of nitrogens with zero attached hydrogens (tertiary/aromatic N) is 3. The van der Waals surface area contributed by atoms with Gasteiger partial charge in [0.2, 0.25) is 0 Å². The Kier molecular flexibility index (Phi) is 3.69. The predicted molar refractivity (Wildman–Crippen MR) is 80.5 cm³/mol. The second kappa shape index (κ2) is 5.33. The summed E-state index contributed by atoms with van der Waals surface area (Å²) in [6, 6.07) is 1.84. The van der Waals surface area contributed by atoms with Gasteiger partial charge in [0.25, 0.3) is 5.56 Å². The molecule has 0 atom stereocenters. The Morgan fingerprint density at radius 1 is 1.40 bits per heavy atom. The normalized spacial score (nSPS) is 18.5. The van der Waals surface area contributed by atoms with E-state index in [2.05, 4.69) is 21.0 Å². The molecule has 0 aromatic carbocycles. The highest BCUT2D eigenvalue weighted by atomic mass is 79.9. The molecule has 0 unspecified atom stereocenters. The molecule has 1 aliphatic rings. The largest absolute Gasteiger partial charge is 0.381 e. The van der Waals surface area contributed by atoms with E-state index in [-0.39, 0.29) is 11.0 Å². The van der Waals surface area contributed by atoms with Gasteiger partial charge in [-0.15, -0.1) is 0 Å². The first-order valence-electron chi connectivity index (χ1n) is 6.83. The third kappa shape index (κ3) is 2.42. The van der Waals surface area contributed by atoms with Crippen LogP contribution >= 0.6 is 15.9 Å². The molecule has 3 heterocycles. The van der Waals surface area contributed by atoms with E-state index in [0.29, 0.717) is 5.52 Å². The van der Waals surface area contributed by atoms with E-state index in [4.69, 9.17) is 4.74 Å². The Hall–Kier alpha value is -1.14. The first-order chi connectivity index (χ1) is 9.63. The van der Waals surface area contributed by atoms with E-state index < -0.39 is 0 Å². The van der Waals surface area contributed by atoms with Gasteiger partial charge in [0, 0.05) is 42.9 Å². The van der Waals surface area contributed by atoms with Crippen LogP contribution < -0.4 is 5.56 Å².